The molecule has 4 aromatic carbocycles. The molecule has 0 atom stereocenters. The summed E-state index contributed by atoms with van der Waals surface area (Å²) in [5.74, 6) is 0.945. The molecule has 0 saturated heterocycles. The van der Waals surface area contributed by atoms with Crippen LogP contribution in [0.2, 0.25) is 0 Å². The zero-order chi connectivity index (χ0) is 21.8. The SMILES string of the molecule is c1ccc(-c2nccn2-c2ccc(-n3c4ccccc4c4c5sccc5ccc43)cc2)cc1. The molecule has 33 heavy (non-hydrogen) atoms. The van der Waals surface area contributed by atoms with Gasteiger partial charge in [-0.05, 0) is 53.2 Å². The lowest BCUT2D eigenvalue weighted by Crippen LogP contribution is -1.98. The Hall–Kier alpha value is -4.15. The summed E-state index contributed by atoms with van der Waals surface area (Å²) in [6, 6.07) is 34.5. The van der Waals surface area contributed by atoms with Crippen LogP contribution in [0.4, 0.5) is 0 Å². The fraction of sp³-hybridized carbons (Fsp3) is 0. The maximum atomic E-state index is 4.60. The lowest BCUT2D eigenvalue weighted by atomic mass is 10.1. The van der Waals surface area contributed by atoms with Gasteiger partial charge in [0.1, 0.15) is 5.82 Å². The number of benzene rings is 4. The van der Waals surface area contributed by atoms with E-state index < -0.39 is 0 Å². The predicted molar refractivity (Wildman–Crippen MR) is 139 cm³/mol. The average Bonchev–Trinajstić information content (AvgIpc) is 3.61. The maximum Gasteiger partial charge on any atom is 0.144 e. The van der Waals surface area contributed by atoms with E-state index in [9.17, 15) is 0 Å². The fourth-order valence-electron chi connectivity index (χ4n) is 4.83. The molecule has 156 valence electrons. The summed E-state index contributed by atoms with van der Waals surface area (Å²) in [4.78, 5) is 4.60. The highest BCUT2D eigenvalue weighted by atomic mass is 32.1. The summed E-state index contributed by atoms with van der Waals surface area (Å²) in [5, 5.41) is 6.12. The van der Waals surface area contributed by atoms with Gasteiger partial charge in [-0.1, -0.05) is 54.6 Å². The molecule has 0 amide bonds. The minimum Gasteiger partial charge on any atom is -0.309 e. The number of hydrogen-bond donors (Lipinski definition) is 0. The number of hydrogen-bond acceptors (Lipinski definition) is 2. The van der Waals surface area contributed by atoms with Crippen molar-refractivity contribution in [3.8, 4) is 22.8 Å². The molecule has 0 aliphatic carbocycles. The van der Waals surface area contributed by atoms with Gasteiger partial charge in [-0.2, -0.15) is 0 Å². The second-order valence-electron chi connectivity index (χ2n) is 8.15. The van der Waals surface area contributed by atoms with Gasteiger partial charge in [0, 0.05) is 44.8 Å². The molecule has 4 heteroatoms. The van der Waals surface area contributed by atoms with Crippen LogP contribution in [0.1, 0.15) is 0 Å². The van der Waals surface area contributed by atoms with Gasteiger partial charge in [-0.15, -0.1) is 11.3 Å². The van der Waals surface area contributed by atoms with Gasteiger partial charge in [0.25, 0.3) is 0 Å². The van der Waals surface area contributed by atoms with Crippen LogP contribution in [0, 0.1) is 0 Å². The molecule has 0 unspecified atom stereocenters. The number of rotatable bonds is 3. The van der Waals surface area contributed by atoms with Crippen molar-refractivity contribution in [2.45, 2.75) is 0 Å². The smallest absolute Gasteiger partial charge is 0.144 e. The number of fused-ring (bicyclic) bond motifs is 5. The zero-order valence-corrected chi connectivity index (χ0v) is 18.5. The molecule has 3 aromatic heterocycles. The summed E-state index contributed by atoms with van der Waals surface area (Å²) >= 11 is 1.82. The molecule has 0 aliphatic rings. The third kappa shape index (κ3) is 2.78. The second-order valence-corrected chi connectivity index (χ2v) is 9.07. The van der Waals surface area contributed by atoms with Gasteiger partial charge in [0.15, 0.2) is 0 Å². The molecule has 0 bridgehead atoms. The number of nitrogens with zero attached hydrogens (tertiary/aromatic N) is 3. The summed E-state index contributed by atoms with van der Waals surface area (Å²) in [6.45, 7) is 0. The van der Waals surface area contributed by atoms with E-state index in [0.717, 1.165) is 22.8 Å². The maximum absolute atomic E-state index is 4.60. The largest absolute Gasteiger partial charge is 0.309 e. The summed E-state index contributed by atoms with van der Waals surface area (Å²) in [5.41, 5.74) is 5.83. The van der Waals surface area contributed by atoms with Crippen molar-refractivity contribution in [3.63, 3.8) is 0 Å². The standard InChI is InChI=1S/C29H19N3S/c1-2-6-21(7-3-1)29-30-17-18-31(29)22-11-13-23(14-12-22)32-25-9-5-4-8-24(25)27-26(32)15-10-20-16-19-33-28(20)27/h1-19H. The third-order valence-electron chi connectivity index (χ3n) is 6.31. The van der Waals surface area contributed by atoms with Crippen molar-refractivity contribution in [3.05, 3.63) is 115 Å². The lowest BCUT2D eigenvalue weighted by Gasteiger charge is -2.11. The minimum atomic E-state index is 0.945. The van der Waals surface area contributed by atoms with Crippen LogP contribution >= 0.6 is 11.3 Å². The molecule has 0 fully saturated rings. The first-order valence-corrected chi connectivity index (χ1v) is 11.9. The van der Waals surface area contributed by atoms with E-state index in [2.05, 4.69) is 98.4 Å². The van der Waals surface area contributed by atoms with E-state index in [1.807, 2.05) is 41.9 Å². The summed E-state index contributed by atoms with van der Waals surface area (Å²) in [6.07, 6.45) is 3.88. The van der Waals surface area contributed by atoms with Crippen LogP contribution in [0.3, 0.4) is 0 Å². The quantitative estimate of drug-likeness (QED) is 0.274. The summed E-state index contributed by atoms with van der Waals surface area (Å²) < 4.78 is 5.87. The van der Waals surface area contributed by atoms with E-state index in [0.29, 0.717) is 0 Å². The van der Waals surface area contributed by atoms with E-state index in [-0.39, 0.29) is 0 Å². The normalized spacial score (nSPS) is 11.6. The lowest BCUT2D eigenvalue weighted by molar-refractivity contribution is 1.06. The minimum absolute atomic E-state index is 0.945. The number of aromatic nitrogens is 3. The average molecular weight is 442 g/mol. The predicted octanol–water partition coefficient (Wildman–Crippen LogP) is 7.85. The Kier molecular flexibility index (Phi) is 4.01. The molecule has 0 radical (unpaired) electrons. The molecule has 0 spiro atoms. The molecule has 3 nitrogen and oxygen atoms in total. The first kappa shape index (κ1) is 18.4. The third-order valence-corrected chi connectivity index (χ3v) is 7.26. The second kappa shape index (κ2) is 7.19. The molecule has 7 aromatic rings. The van der Waals surface area contributed by atoms with Crippen LogP contribution in [0.25, 0.3) is 54.7 Å². The van der Waals surface area contributed by atoms with Gasteiger partial charge in [-0.25, -0.2) is 4.98 Å². The number of imidazole rings is 1. The molecular weight excluding hydrogens is 422 g/mol. The Bertz CT molecular complexity index is 1750. The Morgan fingerprint density at radius 1 is 0.667 bits per heavy atom. The van der Waals surface area contributed by atoms with Gasteiger partial charge < -0.3 is 4.57 Å². The van der Waals surface area contributed by atoms with E-state index in [1.54, 1.807) is 0 Å². The van der Waals surface area contributed by atoms with Crippen molar-refractivity contribution in [1.82, 2.24) is 14.1 Å². The van der Waals surface area contributed by atoms with E-state index in [1.165, 1.54) is 31.9 Å². The van der Waals surface area contributed by atoms with Crippen LogP contribution in [-0.2, 0) is 0 Å². The van der Waals surface area contributed by atoms with Crippen LogP contribution < -0.4 is 0 Å². The van der Waals surface area contributed by atoms with Gasteiger partial charge in [0.2, 0.25) is 0 Å². The van der Waals surface area contributed by atoms with Gasteiger partial charge in [0.05, 0.1) is 11.0 Å². The molecule has 0 saturated carbocycles. The number of para-hydroxylation sites is 1. The first-order chi connectivity index (χ1) is 16.4. The molecule has 3 heterocycles. The Morgan fingerprint density at radius 3 is 2.33 bits per heavy atom. The van der Waals surface area contributed by atoms with Crippen LogP contribution in [0.15, 0.2) is 115 Å². The monoisotopic (exact) mass is 441 g/mol. The van der Waals surface area contributed by atoms with Gasteiger partial charge in [-0.3, -0.25) is 4.57 Å². The number of thiophene rings is 1. The van der Waals surface area contributed by atoms with Crippen molar-refractivity contribution < 1.29 is 0 Å². The van der Waals surface area contributed by atoms with Crippen LogP contribution in [0.5, 0.6) is 0 Å². The zero-order valence-electron chi connectivity index (χ0n) is 17.7. The first-order valence-electron chi connectivity index (χ1n) is 11.0. The Balaban J connectivity index is 1.41. The molecular formula is C29H19N3S. The van der Waals surface area contributed by atoms with E-state index in [4.69, 9.17) is 0 Å². The molecule has 7 rings (SSSR count). The Labute approximate surface area is 194 Å². The topological polar surface area (TPSA) is 22.8 Å². The molecule has 0 aliphatic heterocycles. The fourth-order valence-corrected chi connectivity index (χ4v) is 5.79. The van der Waals surface area contributed by atoms with E-state index >= 15 is 0 Å². The highest BCUT2D eigenvalue weighted by Crippen LogP contribution is 2.38. The van der Waals surface area contributed by atoms with Crippen molar-refractivity contribution in [2.24, 2.45) is 0 Å². The molecule has 0 N–H and O–H groups in total. The van der Waals surface area contributed by atoms with Gasteiger partial charge >= 0.3 is 0 Å². The van der Waals surface area contributed by atoms with Crippen molar-refractivity contribution in [2.75, 3.05) is 0 Å². The highest BCUT2D eigenvalue weighted by Gasteiger charge is 2.15. The summed E-state index contributed by atoms with van der Waals surface area (Å²) in [7, 11) is 0. The van der Waals surface area contributed by atoms with Crippen molar-refractivity contribution in [1.29, 1.82) is 0 Å². The Morgan fingerprint density at radius 2 is 1.45 bits per heavy atom. The van der Waals surface area contributed by atoms with Crippen molar-refractivity contribution >= 4 is 43.2 Å². The highest BCUT2D eigenvalue weighted by molar-refractivity contribution is 7.18. The van der Waals surface area contributed by atoms with Crippen LogP contribution in [-0.4, -0.2) is 14.1 Å².